The van der Waals surface area contributed by atoms with E-state index in [-0.39, 0.29) is 23.6 Å². The van der Waals surface area contributed by atoms with Crippen molar-refractivity contribution in [2.45, 2.75) is 112 Å². The summed E-state index contributed by atoms with van der Waals surface area (Å²) >= 11 is 3.34. The van der Waals surface area contributed by atoms with Gasteiger partial charge in [-0.15, -0.1) is 0 Å². The maximum absolute atomic E-state index is 12.7. The number of hydrogen-bond acceptors (Lipinski definition) is 8. The monoisotopic (exact) mass is 754 g/mol. The van der Waals surface area contributed by atoms with Crippen LogP contribution in [0.3, 0.4) is 0 Å². The molecule has 1 saturated carbocycles. The average Bonchev–Trinajstić information content (AvgIpc) is 3.58. The number of aromatic amines is 1. The maximum Gasteiger partial charge on any atom is 0.320 e. The Balaban J connectivity index is 0.000000221. The van der Waals surface area contributed by atoms with Gasteiger partial charge in [-0.25, -0.2) is 24.7 Å². The number of amides is 2. The number of H-pyrrole nitrogens is 1. The smallest absolute Gasteiger partial charge is 0.320 e. The van der Waals surface area contributed by atoms with E-state index in [4.69, 9.17) is 4.74 Å². The van der Waals surface area contributed by atoms with Crippen molar-refractivity contribution in [2.24, 2.45) is 10.8 Å². The SMILES string of the molecule is CC(C)(C)C(=O)c1c[nH]c2ncc(NC(=O)NC3CCCCC3)nc12.CC(C)(C)C(=O)c1cn(COCC[Si](C)(C)C)c2ncc(Br)nc12. The molecule has 0 unspecified atom stereocenters. The topological polar surface area (TPSA) is 157 Å². The fourth-order valence-electron chi connectivity index (χ4n) is 5.35. The van der Waals surface area contributed by atoms with Crippen LogP contribution in [0.25, 0.3) is 22.3 Å². The summed E-state index contributed by atoms with van der Waals surface area (Å²) in [6, 6.07) is 1.05. The number of urea groups is 1. The second-order valence-corrected chi connectivity index (χ2v) is 22.4. The second-order valence-electron chi connectivity index (χ2n) is 16.0. The fraction of sp³-hybridized carbons (Fsp3) is 0.571. The van der Waals surface area contributed by atoms with E-state index in [0.717, 1.165) is 38.3 Å². The van der Waals surface area contributed by atoms with Crippen LogP contribution in [-0.4, -0.2) is 67.8 Å². The molecular formula is C35H51BrN8O4Si. The van der Waals surface area contributed by atoms with Crippen molar-refractivity contribution in [3.8, 4) is 0 Å². The van der Waals surface area contributed by atoms with Gasteiger partial charge < -0.3 is 19.6 Å². The predicted molar refractivity (Wildman–Crippen MR) is 200 cm³/mol. The van der Waals surface area contributed by atoms with Gasteiger partial charge in [-0.2, -0.15) is 0 Å². The summed E-state index contributed by atoms with van der Waals surface area (Å²) in [5.41, 5.74) is 2.42. The molecule has 5 rings (SSSR count). The Labute approximate surface area is 298 Å². The highest BCUT2D eigenvalue weighted by Gasteiger charge is 2.28. The number of Topliss-reactive ketones (excluding diaryl/α,β-unsaturated/α-hetero) is 2. The number of hydrogen-bond donors (Lipinski definition) is 3. The first-order chi connectivity index (χ1) is 22.8. The Bertz CT molecular complexity index is 1790. The summed E-state index contributed by atoms with van der Waals surface area (Å²) in [6.45, 7) is 19.4. The van der Waals surface area contributed by atoms with E-state index in [1.54, 1.807) is 12.4 Å². The fourth-order valence-corrected chi connectivity index (χ4v) is 6.39. The Kier molecular flexibility index (Phi) is 12.2. The molecule has 49 heavy (non-hydrogen) atoms. The van der Waals surface area contributed by atoms with E-state index in [1.165, 1.54) is 12.6 Å². The number of nitrogens with zero attached hydrogens (tertiary/aromatic N) is 5. The number of nitrogens with one attached hydrogen (secondary N) is 3. The Morgan fingerprint density at radius 1 is 0.939 bits per heavy atom. The number of aromatic nitrogens is 6. The standard InChI is InChI=1S/C18H25N5O2.C17H26BrN3O2Si/c1-18(2,3)15(24)12-9-19-16-14(12)22-13(10-20-16)23-17(25)21-11-7-5-4-6-8-11;1-17(2,3)15(22)12-10-21(11-23-7-8-24(4,5)6)16-14(12)20-13(18)9-19-16/h9-11H,4-8H2,1-3H3,(H,19,20)(H2,21,22,23,25);9-10H,7-8,11H2,1-6H3. The summed E-state index contributed by atoms with van der Waals surface area (Å²) < 4.78 is 8.31. The van der Waals surface area contributed by atoms with Crippen LogP contribution < -0.4 is 10.6 Å². The lowest BCUT2D eigenvalue weighted by Gasteiger charge is -2.22. The van der Waals surface area contributed by atoms with Gasteiger partial charge >= 0.3 is 6.03 Å². The van der Waals surface area contributed by atoms with Crippen LogP contribution in [-0.2, 0) is 11.5 Å². The minimum Gasteiger partial charge on any atom is -0.361 e. The number of ether oxygens (including phenoxy) is 1. The highest BCUT2D eigenvalue weighted by atomic mass is 79.9. The van der Waals surface area contributed by atoms with Crippen molar-refractivity contribution in [3.05, 3.63) is 40.5 Å². The molecule has 4 heterocycles. The highest BCUT2D eigenvalue weighted by Crippen LogP contribution is 2.28. The molecule has 1 aliphatic carbocycles. The van der Waals surface area contributed by atoms with Gasteiger partial charge in [-0.05, 0) is 34.8 Å². The molecular weight excluding hydrogens is 704 g/mol. The molecule has 0 aromatic carbocycles. The summed E-state index contributed by atoms with van der Waals surface area (Å²) in [5, 5.41) is 5.71. The van der Waals surface area contributed by atoms with Crippen LogP contribution in [0.1, 0.15) is 94.4 Å². The third-order valence-corrected chi connectivity index (χ3v) is 10.3. The van der Waals surface area contributed by atoms with E-state index < -0.39 is 18.9 Å². The number of rotatable bonds is 9. The number of fused-ring (bicyclic) bond motifs is 2. The molecule has 0 atom stereocenters. The number of ketones is 2. The van der Waals surface area contributed by atoms with Crippen LogP contribution in [0.5, 0.6) is 0 Å². The van der Waals surface area contributed by atoms with Gasteiger partial charge in [0.05, 0.1) is 23.5 Å². The molecule has 1 fully saturated rings. The van der Waals surface area contributed by atoms with E-state index in [2.05, 4.69) is 71.1 Å². The van der Waals surface area contributed by atoms with Crippen molar-refractivity contribution in [1.29, 1.82) is 0 Å². The number of carbonyl (C=O) groups is 3. The molecule has 4 aromatic rings. The van der Waals surface area contributed by atoms with Gasteiger partial charge in [-0.1, -0.05) is 80.4 Å². The molecule has 0 spiro atoms. The van der Waals surface area contributed by atoms with Crippen molar-refractivity contribution >= 4 is 69.7 Å². The summed E-state index contributed by atoms with van der Waals surface area (Å²) in [5.74, 6) is 0.376. The van der Waals surface area contributed by atoms with Gasteiger partial charge in [-0.3, -0.25) is 14.9 Å². The molecule has 0 bridgehead atoms. The third-order valence-electron chi connectivity index (χ3n) is 8.18. The van der Waals surface area contributed by atoms with Crippen LogP contribution in [0.2, 0.25) is 25.7 Å². The van der Waals surface area contributed by atoms with E-state index in [9.17, 15) is 14.4 Å². The van der Waals surface area contributed by atoms with Crippen molar-refractivity contribution in [2.75, 3.05) is 11.9 Å². The zero-order valence-electron chi connectivity index (χ0n) is 30.3. The van der Waals surface area contributed by atoms with E-state index in [0.29, 0.717) is 50.6 Å². The summed E-state index contributed by atoms with van der Waals surface area (Å²) in [4.78, 5) is 58.0. The van der Waals surface area contributed by atoms with Gasteiger partial charge in [0, 0.05) is 43.9 Å². The van der Waals surface area contributed by atoms with Crippen LogP contribution in [0, 0.1) is 10.8 Å². The molecule has 4 aromatic heterocycles. The molecule has 3 N–H and O–H groups in total. The number of carbonyl (C=O) groups excluding carboxylic acids is 3. The molecule has 266 valence electrons. The van der Waals surface area contributed by atoms with Gasteiger partial charge in [0.25, 0.3) is 0 Å². The van der Waals surface area contributed by atoms with Crippen molar-refractivity contribution in [3.63, 3.8) is 0 Å². The predicted octanol–water partition coefficient (Wildman–Crippen LogP) is 8.38. The first-order valence-electron chi connectivity index (χ1n) is 16.9. The van der Waals surface area contributed by atoms with Crippen LogP contribution >= 0.6 is 15.9 Å². The van der Waals surface area contributed by atoms with Crippen molar-refractivity contribution in [1.82, 2.24) is 34.8 Å². The normalized spacial score (nSPS) is 14.4. The highest BCUT2D eigenvalue weighted by molar-refractivity contribution is 9.10. The molecule has 0 aliphatic heterocycles. The van der Waals surface area contributed by atoms with Crippen LogP contribution in [0.15, 0.2) is 29.4 Å². The first-order valence-corrected chi connectivity index (χ1v) is 21.4. The van der Waals surface area contributed by atoms with E-state index >= 15 is 0 Å². The minimum atomic E-state index is -1.12. The quantitative estimate of drug-likeness (QED) is 0.0874. The minimum absolute atomic E-state index is 0.0168. The lowest BCUT2D eigenvalue weighted by molar-refractivity contribution is 0.0846. The Morgan fingerprint density at radius 2 is 1.59 bits per heavy atom. The molecule has 1 aliphatic rings. The molecule has 14 heteroatoms. The number of halogens is 1. The second kappa shape index (κ2) is 15.6. The third kappa shape index (κ3) is 10.5. The maximum atomic E-state index is 12.7. The van der Waals surface area contributed by atoms with Gasteiger partial charge in [0.1, 0.15) is 22.4 Å². The van der Waals surface area contributed by atoms with Gasteiger partial charge in [0.2, 0.25) is 0 Å². The molecule has 0 radical (unpaired) electrons. The lowest BCUT2D eigenvalue weighted by atomic mass is 9.87. The number of anilines is 1. The van der Waals surface area contributed by atoms with E-state index in [1.807, 2.05) is 52.3 Å². The Hall–Kier alpha value is -3.49. The Morgan fingerprint density at radius 3 is 2.22 bits per heavy atom. The molecule has 12 nitrogen and oxygen atoms in total. The largest absolute Gasteiger partial charge is 0.361 e. The first kappa shape index (κ1) is 38.3. The van der Waals surface area contributed by atoms with Crippen LogP contribution in [0.4, 0.5) is 10.6 Å². The zero-order chi connectivity index (χ0) is 36.1. The lowest BCUT2D eigenvalue weighted by Crippen LogP contribution is -2.39. The summed E-state index contributed by atoms with van der Waals surface area (Å²) in [7, 11) is -1.12. The van der Waals surface area contributed by atoms with Crippen molar-refractivity contribution < 1.29 is 19.1 Å². The molecule has 0 saturated heterocycles. The van der Waals surface area contributed by atoms with Gasteiger partial charge in [0.15, 0.2) is 28.7 Å². The summed E-state index contributed by atoms with van der Waals surface area (Å²) in [6.07, 6.45) is 12.2. The molecule has 2 amide bonds. The zero-order valence-corrected chi connectivity index (χ0v) is 32.9. The average molecular weight is 756 g/mol.